The largest absolute Gasteiger partial charge is 0.494 e. The summed E-state index contributed by atoms with van der Waals surface area (Å²) in [6.07, 6.45) is 4.78. The number of aromatic nitrogens is 2. The number of fused-ring (bicyclic) bond motifs is 1. The maximum absolute atomic E-state index is 12.5. The number of amides is 1. The van der Waals surface area contributed by atoms with Gasteiger partial charge in [-0.2, -0.15) is 4.39 Å². The van der Waals surface area contributed by atoms with Gasteiger partial charge in [-0.25, -0.2) is 4.39 Å². The lowest BCUT2D eigenvalue weighted by molar-refractivity contribution is 0.0997. The number of benzene rings is 1. The fraction of sp³-hybridized carbons (Fsp3) is 0.348. The molecular formula is C23H25F2N3O3. The normalized spacial score (nSPS) is 17.1. The molecule has 0 aliphatic heterocycles. The topological polar surface area (TPSA) is 98.1 Å². The van der Waals surface area contributed by atoms with Crippen molar-refractivity contribution in [1.29, 1.82) is 0 Å². The molecule has 1 aliphatic rings. The van der Waals surface area contributed by atoms with E-state index >= 15 is 0 Å². The fourth-order valence-corrected chi connectivity index (χ4v) is 3.97. The Morgan fingerprint density at radius 2 is 2.03 bits per heavy atom. The summed E-state index contributed by atoms with van der Waals surface area (Å²) >= 11 is 0. The molecule has 4 rings (SSSR count). The van der Waals surface area contributed by atoms with Crippen LogP contribution in [0.5, 0.6) is 5.75 Å². The summed E-state index contributed by atoms with van der Waals surface area (Å²) in [7, 11) is 1.29. The monoisotopic (exact) mass is 429 g/mol. The second-order valence-electron chi connectivity index (χ2n) is 8.40. The van der Waals surface area contributed by atoms with Crippen molar-refractivity contribution in [2.45, 2.75) is 39.0 Å². The predicted octanol–water partition coefficient (Wildman–Crippen LogP) is 4.29. The van der Waals surface area contributed by atoms with E-state index in [0.29, 0.717) is 16.8 Å². The van der Waals surface area contributed by atoms with Gasteiger partial charge < -0.3 is 15.5 Å². The van der Waals surface area contributed by atoms with E-state index in [1.807, 2.05) is 0 Å². The lowest BCUT2D eigenvalue weighted by atomic mass is 9.89. The van der Waals surface area contributed by atoms with E-state index < -0.39 is 17.5 Å². The number of methoxy groups -OCH3 is 1. The number of aromatic amines is 1. The van der Waals surface area contributed by atoms with E-state index in [9.17, 15) is 18.4 Å². The van der Waals surface area contributed by atoms with Gasteiger partial charge in [-0.15, -0.1) is 0 Å². The number of carbonyl (C=O) groups is 1. The summed E-state index contributed by atoms with van der Waals surface area (Å²) in [5.41, 5.74) is 7.02. The van der Waals surface area contributed by atoms with Gasteiger partial charge in [-0.3, -0.25) is 14.6 Å². The zero-order chi connectivity index (χ0) is 22.8. The Kier molecular flexibility index (Phi) is 6.38. The van der Waals surface area contributed by atoms with Gasteiger partial charge in [0.2, 0.25) is 5.82 Å². The number of ether oxygens (including phenoxy) is 1. The van der Waals surface area contributed by atoms with Crippen LogP contribution in [-0.2, 0) is 0 Å². The standard InChI is InChI=1S/C16H19N3O2.C7H6F2O/c1-16(2)5-3-9(8-16)11-7-12(20)13-10(19-11)4-6-18-14(13)15(17)21;1-10-6-4-2-3-5(8)7(6)9/h4,6-7,9H,3,5,8H2,1-2H3,(H2,17,21)(H,19,20);2-4H,1H3. The molecule has 1 aromatic carbocycles. The van der Waals surface area contributed by atoms with Crippen molar-refractivity contribution in [2.75, 3.05) is 7.11 Å². The highest BCUT2D eigenvalue weighted by Gasteiger charge is 2.32. The van der Waals surface area contributed by atoms with E-state index in [4.69, 9.17) is 5.73 Å². The molecule has 6 nitrogen and oxygen atoms in total. The van der Waals surface area contributed by atoms with Gasteiger partial charge in [-0.1, -0.05) is 19.9 Å². The number of H-pyrrole nitrogens is 1. The highest BCUT2D eigenvalue weighted by atomic mass is 19.2. The number of halogens is 2. The Morgan fingerprint density at radius 1 is 1.29 bits per heavy atom. The lowest BCUT2D eigenvalue weighted by Crippen LogP contribution is -2.18. The summed E-state index contributed by atoms with van der Waals surface area (Å²) < 4.78 is 29.3. The number of nitrogens with one attached hydrogen (secondary N) is 1. The van der Waals surface area contributed by atoms with Gasteiger partial charge in [-0.05, 0) is 48.8 Å². The average molecular weight is 429 g/mol. The van der Waals surface area contributed by atoms with Crippen LogP contribution in [0.3, 0.4) is 0 Å². The van der Waals surface area contributed by atoms with Crippen LogP contribution in [0.1, 0.15) is 55.2 Å². The average Bonchev–Trinajstić information content (AvgIpc) is 3.09. The number of primary amides is 1. The summed E-state index contributed by atoms with van der Waals surface area (Å²) in [5.74, 6) is -2.22. The van der Waals surface area contributed by atoms with Crippen molar-refractivity contribution in [1.82, 2.24) is 9.97 Å². The van der Waals surface area contributed by atoms with Gasteiger partial charge in [0, 0.05) is 18.0 Å². The number of pyridine rings is 2. The van der Waals surface area contributed by atoms with Crippen molar-refractivity contribution in [2.24, 2.45) is 11.1 Å². The third-order valence-corrected chi connectivity index (χ3v) is 5.54. The smallest absolute Gasteiger partial charge is 0.268 e. The highest BCUT2D eigenvalue weighted by molar-refractivity contribution is 6.03. The lowest BCUT2D eigenvalue weighted by Gasteiger charge is -2.17. The molecule has 1 aliphatic carbocycles. The van der Waals surface area contributed by atoms with Crippen molar-refractivity contribution >= 4 is 16.8 Å². The minimum absolute atomic E-state index is 0.0343. The molecule has 0 spiro atoms. The molecule has 1 saturated carbocycles. The molecular weight excluding hydrogens is 404 g/mol. The SMILES string of the molecule is CC1(C)CCC(c2cc(=O)c3c(C(N)=O)nccc3[nH]2)C1.COc1cccc(F)c1F. The molecule has 0 bridgehead atoms. The summed E-state index contributed by atoms with van der Waals surface area (Å²) in [5, 5.41) is 0.283. The van der Waals surface area contributed by atoms with Crippen LogP contribution in [-0.4, -0.2) is 23.0 Å². The van der Waals surface area contributed by atoms with Crippen LogP contribution in [0.4, 0.5) is 8.78 Å². The maximum atomic E-state index is 12.5. The zero-order valence-corrected chi connectivity index (χ0v) is 17.7. The first-order valence-electron chi connectivity index (χ1n) is 9.92. The summed E-state index contributed by atoms with van der Waals surface area (Å²) in [6, 6.07) is 7.10. The molecule has 2 heterocycles. The number of nitrogens with zero attached hydrogens (tertiary/aromatic N) is 1. The molecule has 0 radical (unpaired) electrons. The van der Waals surface area contributed by atoms with Gasteiger partial charge >= 0.3 is 0 Å². The van der Waals surface area contributed by atoms with Crippen molar-refractivity contribution in [3.8, 4) is 5.75 Å². The summed E-state index contributed by atoms with van der Waals surface area (Å²) in [4.78, 5) is 31.0. The molecule has 8 heteroatoms. The van der Waals surface area contributed by atoms with E-state index in [0.717, 1.165) is 31.0 Å². The Balaban J connectivity index is 0.000000229. The number of hydrogen-bond acceptors (Lipinski definition) is 4. The Labute approximate surface area is 178 Å². The fourth-order valence-electron chi connectivity index (χ4n) is 3.97. The summed E-state index contributed by atoms with van der Waals surface area (Å²) in [6.45, 7) is 4.50. The number of carbonyl (C=O) groups excluding carboxylic acids is 1. The molecule has 2 aromatic heterocycles. The molecule has 3 N–H and O–H groups in total. The molecule has 3 aromatic rings. The number of rotatable bonds is 3. The van der Waals surface area contributed by atoms with Crippen LogP contribution in [0.25, 0.3) is 10.9 Å². The third-order valence-electron chi connectivity index (χ3n) is 5.54. The predicted molar refractivity (Wildman–Crippen MR) is 114 cm³/mol. The van der Waals surface area contributed by atoms with E-state index in [1.165, 1.54) is 25.4 Å². The van der Waals surface area contributed by atoms with Gasteiger partial charge in [0.1, 0.15) is 5.69 Å². The number of nitrogens with two attached hydrogens (primary N) is 1. The Morgan fingerprint density at radius 3 is 2.61 bits per heavy atom. The van der Waals surface area contributed by atoms with Crippen molar-refractivity contribution < 1.29 is 18.3 Å². The Bertz CT molecular complexity index is 1170. The van der Waals surface area contributed by atoms with Crippen LogP contribution < -0.4 is 15.9 Å². The van der Waals surface area contributed by atoms with Crippen LogP contribution in [0, 0.1) is 17.0 Å². The molecule has 31 heavy (non-hydrogen) atoms. The molecule has 1 amide bonds. The van der Waals surface area contributed by atoms with E-state index in [1.54, 1.807) is 12.1 Å². The third kappa shape index (κ3) is 4.90. The molecule has 164 valence electrons. The van der Waals surface area contributed by atoms with E-state index in [-0.39, 0.29) is 22.3 Å². The van der Waals surface area contributed by atoms with Crippen LogP contribution in [0.2, 0.25) is 0 Å². The second-order valence-corrected chi connectivity index (χ2v) is 8.40. The second kappa shape index (κ2) is 8.83. The molecule has 1 atom stereocenters. The molecule has 1 unspecified atom stereocenters. The minimum atomic E-state index is -0.940. The van der Waals surface area contributed by atoms with Crippen LogP contribution in [0.15, 0.2) is 41.3 Å². The highest BCUT2D eigenvalue weighted by Crippen LogP contribution is 2.45. The van der Waals surface area contributed by atoms with Gasteiger partial charge in [0.05, 0.1) is 18.0 Å². The first-order chi connectivity index (χ1) is 14.6. The van der Waals surface area contributed by atoms with Crippen LogP contribution >= 0.6 is 0 Å². The van der Waals surface area contributed by atoms with Crippen molar-refractivity contribution in [3.05, 3.63) is 69.8 Å². The minimum Gasteiger partial charge on any atom is -0.494 e. The van der Waals surface area contributed by atoms with Gasteiger partial charge in [0.25, 0.3) is 5.91 Å². The zero-order valence-electron chi connectivity index (χ0n) is 17.7. The number of hydrogen-bond donors (Lipinski definition) is 2. The molecule has 0 saturated heterocycles. The molecule has 1 fully saturated rings. The first-order valence-corrected chi connectivity index (χ1v) is 9.92. The van der Waals surface area contributed by atoms with E-state index in [2.05, 4.69) is 28.6 Å². The maximum Gasteiger partial charge on any atom is 0.268 e. The first kappa shape index (κ1) is 22.4. The van der Waals surface area contributed by atoms with Crippen molar-refractivity contribution in [3.63, 3.8) is 0 Å². The quantitative estimate of drug-likeness (QED) is 0.649. The Hall–Kier alpha value is -3.29. The van der Waals surface area contributed by atoms with Gasteiger partial charge in [0.15, 0.2) is 17.0 Å².